The fraction of sp³-hybridized carbons (Fsp3) is 0.556. The Morgan fingerprint density at radius 1 is 1.71 bits per heavy atom. The molecule has 0 saturated carbocycles. The van der Waals surface area contributed by atoms with Crippen LogP contribution in [0.3, 0.4) is 0 Å². The van der Waals surface area contributed by atoms with Crippen molar-refractivity contribution in [1.29, 1.82) is 0 Å². The van der Waals surface area contributed by atoms with Crippen LogP contribution in [0.25, 0.3) is 0 Å². The van der Waals surface area contributed by atoms with E-state index in [4.69, 9.17) is 9.84 Å². The molecule has 1 heterocycles. The number of rotatable bonds is 6. The number of aromatic nitrogens is 2. The van der Waals surface area contributed by atoms with Gasteiger partial charge in [-0.1, -0.05) is 0 Å². The molecule has 0 aromatic carbocycles. The van der Waals surface area contributed by atoms with Gasteiger partial charge < -0.3 is 9.84 Å². The van der Waals surface area contributed by atoms with Crippen molar-refractivity contribution >= 4 is 5.97 Å². The summed E-state index contributed by atoms with van der Waals surface area (Å²) >= 11 is 0. The number of carboxylic acid groups (broad SMARTS) is 1. The first-order valence-corrected chi connectivity index (χ1v) is 4.54. The van der Waals surface area contributed by atoms with Gasteiger partial charge in [-0.05, 0) is 13.0 Å². The van der Waals surface area contributed by atoms with Crippen molar-refractivity contribution in [2.45, 2.75) is 26.5 Å². The van der Waals surface area contributed by atoms with Gasteiger partial charge in [0.25, 0.3) is 0 Å². The van der Waals surface area contributed by atoms with Crippen molar-refractivity contribution in [3.05, 3.63) is 18.0 Å². The third-order valence-corrected chi connectivity index (χ3v) is 1.81. The predicted molar refractivity (Wildman–Crippen MR) is 49.8 cm³/mol. The van der Waals surface area contributed by atoms with Crippen LogP contribution < -0.4 is 0 Å². The summed E-state index contributed by atoms with van der Waals surface area (Å²) in [6.07, 6.45) is 1.75. The SMILES string of the molecule is CCn1nccc1COCCC(=O)O. The zero-order valence-corrected chi connectivity index (χ0v) is 8.14. The van der Waals surface area contributed by atoms with Crippen LogP contribution in [0.4, 0.5) is 0 Å². The summed E-state index contributed by atoms with van der Waals surface area (Å²) in [5.41, 5.74) is 0.970. The topological polar surface area (TPSA) is 64.4 Å². The van der Waals surface area contributed by atoms with Gasteiger partial charge in [0.05, 0.1) is 25.3 Å². The van der Waals surface area contributed by atoms with Crippen LogP contribution >= 0.6 is 0 Å². The molecule has 0 spiro atoms. The quantitative estimate of drug-likeness (QED) is 0.689. The number of aryl methyl sites for hydroxylation is 1. The molecule has 0 saturated heterocycles. The molecule has 0 unspecified atom stereocenters. The molecule has 1 aromatic rings. The molecule has 1 N–H and O–H groups in total. The van der Waals surface area contributed by atoms with Crippen LogP contribution in [0, 0.1) is 0 Å². The van der Waals surface area contributed by atoms with Gasteiger partial charge in [-0.25, -0.2) is 0 Å². The molecule has 14 heavy (non-hydrogen) atoms. The van der Waals surface area contributed by atoms with E-state index in [0.717, 1.165) is 12.2 Å². The Hall–Kier alpha value is -1.36. The highest BCUT2D eigenvalue weighted by atomic mass is 16.5. The maximum atomic E-state index is 10.2. The van der Waals surface area contributed by atoms with E-state index in [9.17, 15) is 4.79 Å². The minimum atomic E-state index is -0.839. The molecular formula is C9H14N2O3. The highest BCUT2D eigenvalue weighted by Crippen LogP contribution is 2.01. The largest absolute Gasteiger partial charge is 0.481 e. The van der Waals surface area contributed by atoms with Crippen molar-refractivity contribution in [2.24, 2.45) is 0 Å². The molecule has 0 aliphatic carbocycles. The van der Waals surface area contributed by atoms with E-state index in [1.165, 1.54) is 0 Å². The second-order valence-electron chi connectivity index (χ2n) is 2.83. The predicted octanol–water partition coefficient (Wildman–Crippen LogP) is 0.894. The van der Waals surface area contributed by atoms with E-state index in [-0.39, 0.29) is 13.0 Å². The summed E-state index contributed by atoms with van der Waals surface area (Å²) in [7, 11) is 0. The van der Waals surface area contributed by atoms with Crippen molar-refractivity contribution in [2.75, 3.05) is 6.61 Å². The smallest absolute Gasteiger partial charge is 0.305 e. The number of hydrogen-bond donors (Lipinski definition) is 1. The molecule has 0 aliphatic heterocycles. The van der Waals surface area contributed by atoms with Gasteiger partial charge in [0, 0.05) is 12.7 Å². The van der Waals surface area contributed by atoms with E-state index in [1.807, 2.05) is 17.7 Å². The Bertz CT molecular complexity index is 296. The molecule has 0 aliphatic rings. The Balaban J connectivity index is 2.27. The lowest BCUT2D eigenvalue weighted by Gasteiger charge is -2.04. The summed E-state index contributed by atoms with van der Waals surface area (Å²) in [6.45, 7) is 3.45. The van der Waals surface area contributed by atoms with Crippen LogP contribution in [0.1, 0.15) is 19.0 Å². The number of carbonyl (C=O) groups is 1. The Morgan fingerprint density at radius 2 is 2.50 bits per heavy atom. The third-order valence-electron chi connectivity index (χ3n) is 1.81. The van der Waals surface area contributed by atoms with Gasteiger partial charge in [-0.15, -0.1) is 0 Å². The second-order valence-corrected chi connectivity index (χ2v) is 2.83. The molecule has 0 amide bonds. The van der Waals surface area contributed by atoms with Crippen molar-refractivity contribution in [3.63, 3.8) is 0 Å². The molecule has 78 valence electrons. The third kappa shape index (κ3) is 3.18. The lowest BCUT2D eigenvalue weighted by Crippen LogP contribution is -2.07. The fourth-order valence-electron chi connectivity index (χ4n) is 1.10. The summed E-state index contributed by atoms with van der Waals surface area (Å²) in [5, 5.41) is 12.4. The Morgan fingerprint density at radius 3 is 3.14 bits per heavy atom. The number of nitrogens with zero attached hydrogens (tertiary/aromatic N) is 2. The van der Waals surface area contributed by atoms with Gasteiger partial charge in [-0.2, -0.15) is 5.10 Å². The maximum Gasteiger partial charge on any atom is 0.305 e. The monoisotopic (exact) mass is 198 g/mol. The van der Waals surface area contributed by atoms with E-state index in [2.05, 4.69) is 5.10 Å². The first-order chi connectivity index (χ1) is 6.74. The zero-order valence-electron chi connectivity index (χ0n) is 8.14. The number of carboxylic acids is 1. The van der Waals surface area contributed by atoms with Gasteiger partial charge in [-0.3, -0.25) is 9.48 Å². The van der Waals surface area contributed by atoms with Crippen LogP contribution in [-0.4, -0.2) is 27.5 Å². The lowest BCUT2D eigenvalue weighted by atomic mass is 10.4. The van der Waals surface area contributed by atoms with Crippen LogP contribution in [0.5, 0.6) is 0 Å². The average Bonchev–Trinajstić information content (AvgIpc) is 2.59. The van der Waals surface area contributed by atoms with E-state index < -0.39 is 5.97 Å². The normalized spacial score (nSPS) is 10.4. The van der Waals surface area contributed by atoms with Crippen LogP contribution in [0.2, 0.25) is 0 Å². The van der Waals surface area contributed by atoms with Gasteiger partial charge >= 0.3 is 5.97 Å². The highest BCUT2D eigenvalue weighted by Gasteiger charge is 2.01. The van der Waals surface area contributed by atoms with Crippen molar-refractivity contribution in [3.8, 4) is 0 Å². The number of hydrogen-bond acceptors (Lipinski definition) is 3. The first-order valence-electron chi connectivity index (χ1n) is 4.54. The van der Waals surface area contributed by atoms with Gasteiger partial charge in [0.1, 0.15) is 0 Å². The van der Waals surface area contributed by atoms with Crippen molar-refractivity contribution in [1.82, 2.24) is 9.78 Å². The van der Waals surface area contributed by atoms with Gasteiger partial charge in [0.15, 0.2) is 0 Å². The minimum absolute atomic E-state index is 0.0419. The summed E-state index contributed by atoms with van der Waals surface area (Å²) in [5.74, 6) is -0.839. The highest BCUT2D eigenvalue weighted by molar-refractivity contribution is 5.66. The molecular weight excluding hydrogens is 184 g/mol. The molecule has 1 aromatic heterocycles. The second kappa shape index (κ2) is 5.39. The molecule has 5 nitrogen and oxygen atoms in total. The minimum Gasteiger partial charge on any atom is -0.481 e. The Labute approximate surface area is 82.3 Å². The number of ether oxygens (including phenoxy) is 1. The maximum absolute atomic E-state index is 10.2. The van der Waals surface area contributed by atoms with Crippen LogP contribution in [-0.2, 0) is 22.7 Å². The van der Waals surface area contributed by atoms with E-state index in [0.29, 0.717) is 6.61 Å². The summed E-state index contributed by atoms with van der Waals surface area (Å²) in [4.78, 5) is 10.2. The molecule has 5 heteroatoms. The summed E-state index contributed by atoms with van der Waals surface area (Å²) < 4.78 is 7.01. The summed E-state index contributed by atoms with van der Waals surface area (Å²) in [6, 6.07) is 1.87. The van der Waals surface area contributed by atoms with Gasteiger partial charge in [0.2, 0.25) is 0 Å². The number of aliphatic carboxylic acids is 1. The van der Waals surface area contributed by atoms with E-state index in [1.54, 1.807) is 6.20 Å². The molecule has 1 rings (SSSR count). The van der Waals surface area contributed by atoms with E-state index >= 15 is 0 Å². The lowest BCUT2D eigenvalue weighted by molar-refractivity contribution is -0.138. The zero-order chi connectivity index (χ0) is 10.4. The first kappa shape index (κ1) is 10.7. The molecule has 0 bridgehead atoms. The van der Waals surface area contributed by atoms with Crippen molar-refractivity contribution < 1.29 is 14.6 Å². The molecule has 0 atom stereocenters. The van der Waals surface area contributed by atoms with Crippen LogP contribution in [0.15, 0.2) is 12.3 Å². The molecule has 0 radical (unpaired) electrons. The standard InChI is InChI=1S/C9H14N2O3/c1-2-11-8(3-5-10-11)7-14-6-4-9(12)13/h3,5H,2,4,6-7H2,1H3,(H,12,13). The fourth-order valence-corrected chi connectivity index (χ4v) is 1.10. The Kier molecular flexibility index (Phi) is 4.12. The average molecular weight is 198 g/mol. The molecule has 0 fully saturated rings.